The van der Waals surface area contributed by atoms with Crippen molar-refractivity contribution < 1.29 is 14.6 Å². The van der Waals surface area contributed by atoms with Crippen LogP contribution in [0.25, 0.3) is 0 Å². The van der Waals surface area contributed by atoms with E-state index in [1.165, 1.54) is 51.4 Å². The topological polar surface area (TPSA) is 46.5 Å². The van der Waals surface area contributed by atoms with E-state index in [1.807, 2.05) is 0 Å². The summed E-state index contributed by atoms with van der Waals surface area (Å²) < 4.78 is 5.82. The van der Waals surface area contributed by atoms with Crippen LogP contribution < -0.4 is 0 Å². The number of rotatable bonds is 10. The van der Waals surface area contributed by atoms with Gasteiger partial charge in [-0.1, -0.05) is 66.0 Å². The summed E-state index contributed by atoms with van der Waals surface area (Å²) in [5, 5.41) is 9.01. The van der Waals surface area contributed by atoms with E-state index in [4.69, 9.17) is 9.84 Å². The van der Waals surface area contributed by atoms with E-state index in [-0.39, 0.29) is 18.7 Å². The van der Waals surface area contributed by atoms with E-state index in [0.717, 1.165) is 60.7 Å². The van der Waals surface area contributed by atoms with Crippen LogP contribution in [-0.2, 0) is 9.53 Å². The van der Waals surface area contributed by atoms with Crippen LogP contribution >= 0.6 is 0 Å². The number of carbonyl (C=O) groups is 1. The van der Waals surface area contributed by atoms with Gasteiger partial charge in [0.2, 0.25) is 0 Å². The maximum atomic E-state index is 12.2. The summed E-state index contributed by atoms with van der Waals surface area (Å²) >= 11 is 0. The Hall–Kier alpha value is -0.830. The summed E-state index contributed by atoms with van der Waals surface area (Å²) in [6.07, 6.45) is 17.7. The minimum absolute atomic E-state index is 0.0374. The number of esters is 1. The van der Waals surface area contributed by atoms with E-state index < -0.39 is 0 Å². The zero-order valence-corrected chi connectivity index (χ0v) is 24.4. The third kappa shape index (κ3) is 5.34. The molecule has 0 bridgehead atoms. The standard InChI is InChI=1S/C33H56O3/c1-7-24(22(2)3)11-10-23(4)28-14-15-29-27-13-12-25-21-26(36-31(35)9-8-20-34)16-18-32(25,5)30(27)17-19-33(28,29)6/h12,22-24,26-30,34H,7-11,13-21H2,1-6H3/t23-,24-,26+,27+,28-,29+,30+,32+,33-/m1/s1. The van der Waals surface area contributed by atoms with Gasteiger partial charge in [0.25, 0.3) is 0 Å². The van der Waals surface area contributed by atoms with Gasteiger partial charge < -0.3 is 9.84 Å². The molecule has 4 rings (SSSR count). The molecule has 0 aromatic carbocycles. The summed E-state index contributed by atoms with van der Waals surface area (Å²) in [5.41, 5.74) is 2.41. The molecule has 4 aliphatic carbocycles. The van der Waals surface area contributed by atoms with Gasteiger partial charge in [-0.05, 0) is 110 Å². The van der Waals surface area contributed by atoms with Crippen LogP contribution in [0.2, 0.25) is 0 Å². The van der Waals surface area contributed by atoms with Gasteiger partial charge in [-0.2, -0.15) is 0 Å². The molecule has 0 saturated heterocycles. The van der Waals surface area contributed by atoms with Crippen LogP contribution in [0, 0.1) is 52.3 Å². The monoisotopic (exact) mass is 500 g/mol. The van der Waals surface area contributed by atoms with Gasteiger partial charge in [-0.3, -0.25) is 4.79 Å². The predicted molar refractivity (Wildman–Crippen MR) is 148 cm³/mol. The Kier molecular flexibility index (Phi) is 9.01. The molecule has 0 aromatic rings. The van der Waals surface area contributed by atoms with Crippen molar-refractivity contribution in [3.05, 3.63) is 11.6 Å². The molecule has 0 aromatic heterocycles. The molecule has 0 heterocycles. The summed E-state index contributed by atoms with van der Waals surface area (Å²) in [6.45, 7) is 15.1. The van der Waals surface area contributed by atoms with Gasteiger partial charge in [0, 0.05) is 19.4 Å². The van der Waals surface area contributed by atoms with Crippen LogP contribution in [0.15, 0.2) is 11.6 Å². The van der Waals surface area contributed by atoms with Crippen molar-refractivity contribution in [2.24, 2.45) is 52.3 Å². The first-order chi connectivity index (χ1) is 17.1. The van der Waals surface area contributed by atoms with E-state index in [9.17, 15) is 4.79 Å². The van der Waals surface area contributed by atoms with Crippen LogP contribution in [0.4, 0.5) is 0 Å². The molecule has 0 aliphatic heterocycles. The minimum Gasteiger partial charge on any atom is -0.462 e. The second-order valence-electron chi connectivity index (χ2n) is 14.1. The Morgan fingerprint density at radius 1 is 1.08 bits per heavy atom. The average Bonchev–Trinajstić information content (AvgIpc) is 3.20. The number of aliphatic hydroxyl groups is 1. The lowest BCUT2D eigenvalue weighted by Crippen LogP contribution is -2.51. The van der Waals surface area contributed by atoms with Gasteiger partial charge >= 0.3 is 5.97 Å². The molecule has 9 atom stereocenters. The Morgan fingerprint density at radius 3 is 2.56 bits per heavy atom. The number of aliphatic hydroxyl groups excluding tert-OH is 1. The molecule has 206 valence electrons. The zero-order valence-electron chi connectivity index (χ0n) is 24.4. The average molecular weight is 501 g/mol. The number of allylic oxidation sites excluding steroid dienone is 1. The molecule has 0 unspecified atom stereocenters. The lowest BCUT2D eigenvalue weighted by atomic mass is 9.47. The lowest BCUT2D eigenvalue weighted by molar-refractivity contribution is -0.151. The largest absolute Gasteiger partial charge is 0.462 e. The number of hydrogen-bond acceptors (Lipinski definition) is 3. The molecular weight excluding hydrogens is 444 g/mol. The molecule has 1 N–H and O–H groups in total. The second-order valence-corrected chi connectivity index (χ2v) is 14.1. The fourth-order valence-electron chi connectivity index (χ4n) is 9.86. The number of fused-ring (bicyclic) bond motifs is 5. The van der Waals surface area contributed by atoms with Gasteiger partial charge in [0.05, 0.1) is 0 Å². The fraction of sp³-hybridized carbons (Fsp3) is 0.909. The highest BCUT2D eigenvalue weighted by atomic mass is 16.5. The quantitative estimate of drug-likeness (QED) is 0.242. The molecule has 3 saturated carbocycles. The van der Waals surface area contributed by atoms with E-state index >= 15 is 0 Å². The Morgan fingerprint density at radius 2 is 1.86 bits per heavy atom. The number of hydrogen-bond donors (Lipinski definition) is 1. The van der Waals surface area contributed by atoms with Gasteiger partial charge in [-0.25, -0.2) is 0 Å². The third-order valence-electron chi connectivity index (χ3n) is 12.1. The van der Waals surface area contributed by atoms with Crippen LogP contribution in [0.5, 0.6) is 0 Å². The van der Waals surface area contributed by atoms with Crippen molar-refractivity contribution in [3.8, 4) is 0 Å². The molecule has 0 spiro atoms. The molecule has 0 amide bonds. The maximum Gasteiger partial charge on any atom is 0.306 e. The van der Waals surface area contributed by atoms with Crippen molar-refractivity contribution in [1.29, 1.82) is 0 Å². The third-order valence-corrected chi connectivity index (χ3v) is 12.1. The SMILES string of the molecule is CC[C@H](CC[C@@H](C)[C@H]1CC[C@H]2[C@@H]3CC=C4C[C@@H](OC(=O)CCCO)CC[C@]4(C)[C@H]3CC[C@]12C)C(C)C. The molecule has 3 heteroatoms. The summed E-state index contributed by atoms with van der Waals surface area (Å²) in [4.78, 5) is 12.2. The van der Waals surface area contributed by atoms with Crippen LogP contribution in [-0.4, -0.2) is 23.8 Å². The van der Waals surface area contributed by atoms with Crippen LogP contribution in [0.1, 0.15) is 125 Å². The minimum atomic E-state index is -0.134. The fourth-order valence-corrected chi connectivity index (χ4v) is 9.86. The molecule has 4 aliphatic rings. The first kappa shape index (κ1) is 28.2. The molecule has 36 heavy (non-hydrogen) atoms. The highest BCUT2D eigenvalue weighted by molar-refractivity contribution is 5.69. The number of ether oxygens (including phenoxy) is 1. The lowest BCUT2D eigenvalue weighted by Gasteiger charge is -2.58. The highest BCUT2D eigenvalue weighted by Gasteiger charge is 2.59. The second kappa shape index (κ2) is 11.5. The molecule has 3 fully saturated rings. The zero-order chi connectivity index (χ0) is 26.1. The van der Waals surface area contributed by atoms with Crippen molar-refractivity contribution in [2.75, 3.05) is 6.61 Å². The highest BCUT2D eigenvalue weighted by Crippen LogP contribution is 2.67. The molecule has 3 nitrogen and oxygen atoms in total. The Balaban J connectivity index is 1.41. The molecular formula is C33H56O3. The van der Waals surface area contributed by atoms with Gasteiger partial charge in [0.15, 0.2) is 0 Å². The molecule has 0 radical (unpaired) electrons. The van der Waals surface area contributed by atoms with Crippen molar-refractivity contribution in [1.82, 2.24) is 0 Å². The number of carbonyl (C=O) groups excluding carboxylic acids is 1. The first-order valence-electron chi connectivity index (χ1n) is 15.6. The van der Waals surface area contributed by atoms with E-state index in [2.05, 4.69) is 47.6 Å². The first-order valence-corrected chi connectivity index (χ1v) is 15.6. The normalized spacial score (nSPS) is 39.6. The predicted octanol–water partition coefficient (Wildman–Crippen LogP) is 8.35. The smallest absolute Gasteiger partial charge is 0.306 e. The van der Waals surface area contributed by atoms with Crippen molar-refractivity contribution in [2.45, 2.75) is 131 Å². The Labute approximate surface area is 222 Å². The maximum absolute atomic E-state index is 12.2. The summed E-state index contributed by atoms with van der Waals surface area (Å²) in [5.74, 6) is 5.86. The van der Waals surface area contributed by atoms with Crippen molar-refractivity contribution in [3.63, 3.8) is 0 Å². The van der Waals surface area contributed by atoms with Crippen LogP contribution in [0.3, 0.4) is 0 Å². The summed E-state index contributed by atoms with van der Waals surface area (Å²) in [7, 11) is 0. The van der Waals surface area contributed by atoms with E-state index in [1.54, 1.807) is 5.57 Å². The van der Waals surface area contributed by atoms with Gasteiger partial charge in [0.1, 0.15) is 6.10 Å². The summed E-state index contributed by atoms with van der Waals surface area (Å²) in [6, 6.07) is 0. The van der Waals surface area contributed by atoms with E-state index in [0.29, 0.717) is 23.7 Å². The van der Waals surface area contributed by atoms with Crippen molar-refractivity contribution >= 4 is 5.97 Å². The van der Waals surface area contributed by atoms with Gasteiger partial charge in [-0.15, -0.1) is 0 Å². The Bertz CT molecular complexity index is 786.